The van der Waals surface area contributed by atoms with Gasteiger partial charge in [-0.05, 0) is 11.6 Å². The summed E-state index contributed by atoms with van der Waals surface area (Å²) in [7, 11) is 0. The summed E-state index contributed by atoms with van der Waals surface area (Å²) >= 11 is 0. The molecule has 2 heterocycles. The quantitative estimate of drug-likeness (QED) is 0.868. The minimum absolute atomic E-state index is 0.220. The van der Waals surface area contributed by atoms with Crippen molar-refractivity contribution in [3.63, 3.8) is 0 Å². The maximum atomic E-state index is 12.5. The van der Waals surface area contributed by atoms with Gasteiger partial charge in [-0.2, -0.15) is 22.8 Å². The van der Waals surface area contributed by atoms with Gasteiger partial charge < -0.3 is 5.11 Å². The number of rotatable bonds is 3. The molecule has 0 radical (unpaired) electrons. The standard InChI is InChI=1S/C12H8F3N3O2/c13-12(14,15)10-5-9(6-16-17-10)8-1-3-18(4-2-8)7-11(19)20/h1-6H,7H2/p+1. The van der Waals surface area contributed by atoms with Crippen molar-refractivity contribution >= 4 is 5.97 Å². The van der Waals surface area contributed by atoms with E-state index < -0.39 is 17.8 Å². The van der Waals surface area contributed by atoms with Crippen molar-refractivity contribution in [1.29, 1.82) is 0 Å². The molecule has 0 fully saturated rings. The van der Waals surface area contributed by atoms with Gasteiger partial charge in [0.2, 0.25) is 6.54 Å². The molecule has 5 nitrogen and oxygen atoms in total. The van der Waals surface area contributed by atoms with E-state index in [1.54, 1.807) is 0 Å². The van der Waals surface area contributed by atoms with Crippen LogP contribution in [0.1, 0.15) is 5.69 Å². The van der Waals surface area contributed by atoms with Crippen LogP contribution in [0.15, 0.2) is 36.8 Å². The zero-order chi connectivity index (χ0) is 14.8. The zero-order valence-electron chi connectivity index (χ0n) is 10.0. The Balaban J connectivity index is 2.30. The lowest BCUT2D eigenvalue weighted by molar-refractivity contribution is -0.685. The number of aromatic nitrogens is 3. The van der Waals surface area contributed by atoms with Crippen molar-refractivity contribution in [2.24, 2.45) is 0 Å². The molecule has 0 unspecified atom stereocenters. The second-order valence-corrected chi connectivity index (χ2v) is 3.98. The molecule has 0 spiro atoms. The number of hydrogen-bond donors (Lipinski definition) is 1. The molecule has 2 aromatic rings. The molecular weight excluding hydrogens is 275 g/mol. The Bertz CT molecular complexity index is 627. The highest BCUT2D eigenvalue weighted by molar-refractivity contribution is 5.65. The summed E-state index contributed by atoms with van der Waals surface area (Å²) in [6, 6.07) is 3.92. The van der Waals surface area contributed by atoms with Crippen molar-refractivity contribution in [2.75, 3.05) is 0 Å². The largest absolute Gasteiger partial charge is 0.477 e. The number of hydrogen-bond acceptors (Lipinski definition) is 3. The Morgan fingerprint density at radius 1 is 1.25 bits per heavy atom. The number of halogens is 3. The Morgan fingerprint density at radius 2 is 1.90 bits per heavy atom. The van der Waals surface area contributed by atoms with Crippen LogP contribution in [0.3, 0.4) is 0 Å². The van der Waals surface area contributed by atoms with Crippen molar-refractivity contribution in [2.45, 2.75) is 12.7 Å². The molecule has 0 aliphatic rings. The first-order valence-electron chi connectivity index (χ1n) is 5.47. The van der Waals surface area contributed by atoms with Crippen LogP contribution in [-0.4, -0.2) is 21.3 Å². The van der Waals surface area contributed by atoms with Gasteiger partial charge in [-0.1, -0.05) is 0 Å². The second kappa shape index (κ2) is 5.24. The van der Waals surface area contributed by atoms with E-state index in [1.165, 1.54) is 35.3 Å². The van der Waals surface area contributed by atoms with E-state index in [-0.39, 0.29) is 12.1 Å². The van der Waals surface area contributed by atoms with Gasteiger partial charge in [0, 0.05) is 17.7 Å². The summed E-state index contributed by atoms with van der Waals surface area (Å²) in [6.07, 6.45) is -0.401. The molecule has 8 heteroatoms. The molecule has 0 aliphatic heterocycles. The lowest BCUT2D eigenvalue weighted by Gasteiger charge is -2.06. The third-order valence-electron chi connectivity index (χ3n) is 2.49. The van der Waals surface area contributed by atoms with E-state index in [0.29, 0.717) is 5.56 Å². The maximum absolute atomic E-state index is 12.5. The molecule has 0 amide bonds. The molecule has 20 heavy (non-hydrogen) atoms. The fourth-order valence-electron chi connectivity index (χ4n) is 1.57. The van der Waals surface area contributed by atoms with Crippen LogP contribution < -0.4 is 4.57 Å². The molecule has 0 bridgehead atoms. The van der Waals surface area contributed by atoms with Crippen LogP contribution in [0.2, 0.25) is 0 Å². The molecule has 2 rings (SSSR count). The van der Waals surface area contributed by atoms with E-state index in [9.17, 15) is 18.0 Å². The summed E-state index contributed by atoms with van der Waals surface area (Å²) in [5.74, 6) is -1.01. The predicted octanol–water partition coefficient (Wildman–Crippen LogP) is 1.53. The first kappa shape index (κ1) is 13.9. The van der Waals surface area contributed by atoms with Gasteiger partial charge in [0.05, 0.1) is 6.20 Å². The zero-order valence-corrected chi connectivity index (χ0v) is 10.0. The maximum Gasteiger partial charge on any atom is 0.435 e. The first-order valence-corrected chi connectivity index (χ1v) is 5.47. The summed E-state index contributed by atoms with van der Waals surface area (Å²) in [5, 5.41) is 15.0. The predicted molar refractivity (Wildman–Crippen MR) is 60.3 cm³/mol. The van der Waals surface area contributed by atoms with Crippen LogP contribution in [0.4, 0.5) is 13.2 Å². The summed E-state index contributed by atoms with van der Waals surface area (Å²) in [4.78, 5) is 10.5. The number of carboxylic acids is 1. The molecule has 2 aromatic heterocycles. The van der Waals surface area contributed by atoms with Crippen molar-refractivity contribution in [1.82, 2.24) is 10.2 Å². The van der Waals surface area contributed by atoms with Gasteiger partial charge in [0.15, 0.2) is 18.1 Å². The molecule has 104 valence electrons. The topological polar surface area (TPSA) is 67.0 Å². The number of aliphatic carboxylic acids is 1. The second-order valence-electron chi connectivity index (χ2n) is 3.98. The highest BCUT2D eigenvalue weighted by atomic mass is 19.4. The fraction of sp³-hybridized carbons (Fsp3) is 0.167. The average Bonchev–Trinajstić information content (AvgIpc) is 2.38. The third-order valence-corrected chi connectivity index (χ3v) is 2.49. The minimum Gasteiger partial charge on any atom is -0.477 e. The molecule has 0 saturated carbocycles. The molecule has 0 aliphatic carbocycles. The fourth-order valence-corrected chi connectivity index (χ4v) is 1.57. The van der Waals surface area contributed by atoms with E-state index in [2.05, 4.69) is 10.2 Å². The Morgan fingerprint density at radius 3 is 2.45 bits per heavy atom. The summed E-state index contributed by atoms with van der Waals surface area (Å²) in [5.41, 5.74) is -0.320. The van der Waals surface area contributed by atoms with Gasteiger partial charge in [-0.25, -0.2) is 4.79 Å². The minimum atomic E-state index is -4.55. The molecular formula is C12H9F3N3O2+. The van der Waals surface area contributed by atoms with Crippen LogP contribution in [0.5, 0.6) is 0 Å². The highest BCUT2D eigenvalue weighted by Crippen LogP contribution is 2.29. The molecule has 0 aromatic carbocycles. The Hall–Kier alpha value is -2.51. The third kappa shape index (κ3) is 3.28. The van der Waals surface area contributed by atoms with Crippen molar-refractivity contribution in [3.05, 3.63) is 42.5 Å². The lowest BCUT2D eigenvalue weighted by atomic mass is 10.1. The summed E-state index contributed by atoms with van der Waals surface area (Å²) < 4.78 is 39.0. The molecule has 0 atom stereocenters. The van der Waals surface area contributed by atoms with Gasteiger partial charge in [0.25, 0.3) is 0 Å². The van der Waals surface area contributed by atoms with Crippen molar-refractivity contribution in [3.8, 4) is 11.1 Å². The number of nitrogens with zero attached hydrogens (tertiary/aromatic N) is 3. The number of carboxylic acid groups (broad SMARTS) is 1. The normalized spacial score (nSPS) is 11.3. The van der Waals surface area contributed by atoms with E-state index in [1.807, 2.05) is 0 Å². The van der Waals surface area contributed by atoms with Crippen LogP contribution in [-0.2, 0) is 17.5 Å². The van der Waals surface area contributed by atoms with Crippen LogP contribution in [0, 0.1) is 0 Å². The van der Waals surface area contributed by atoms with Crippen LogP contribution in [0.25, 0.3) is 11.1 Å². The first-order chi connectivity index (χ1) is 9.36. The SMILES string of the molecule is O=C(O)C[n+]1ccc(-c2cnnc(C(F)(F)F)c2)cc1. The summed E-state index contributed by atoms with van der Waals surface area (Å²) in [6.45, 7) is -0.220. The molecule has 1 N–H and O–H groups in total. The lowest BCUT2D eigenvalue weighted by Crippen LogP contribution is -2.36. The number of carbonyl (C=O) groups is 1. The van der Waals surface area contributed by atoms with Gasteiger partial charge in [-0.3, -0.25) is 0 Å². The van der Waals surface area contributed by atoms with E-state index >= 15 is 0 Å². The van der Waals surface area contributed by atoms with Crippen LogP contribution >= 0.6 is 0 Å². The van der Waals surface area contributed by atoms with Gasteiger partial charge >= 0.3 is 12.1 Å². The Kier molecular flexibility index (Phi) is 3.64. The Labute approximate surface area is 111 Å². The van der Waals surface area contributed by atoms with Gasteiger partial charge in [-0.15, -0.1) is 5.10 Å². The van der Waals surface area contributed by atoms with E-state index in [4.69, 9.17) is 5.11 Å². The smallest absolute Gasteiger partial charge is 0.435 e. The number of pyridine rings is 1. The average molecular weight is 284 g/mol. The van der Waals surface area contributed by atoms with E-state index in [0.717, 1.165) is 6.07 Å². The van der Waals surface area contributed by atoms with Crippen molar-refractivity contribution < 1.29 is 27.6 Å². The van der Waals surface area contributed by atoms with Gasteiger partial charge in [0.1, 0.15) is 0 Å². The highest BCUT2D eigenvalue weighted by Gasteiger charge is 2.33. The number of alkyl halides is 3. The molecule has 0 saturated heterocycles. The monoisotopic (exact) mass is 284 g/mol.